The number of hydrogen-bond donors (Lipinski definition) is 1. The summed E-state index contributed by atoms with van der Waals surface area (Å²) >= 11 is 0. The molecule has 1 heterocycles. The molecule has 2 atom stereocenters. The molecule has 0 fully saturated rings. The number of fused-ring (bicyclic) bond motifs is 2. The number of ether oxygens (including phenoxy) is 1. The quantitative estimate of drug-likeness (QED) is 0.865. The smallest absolute Gasteiger partial charge is 0.339 e. The molecule has 1 aliphatic carbocycles. The van der Waals surface area contributed by atoms with Gasteiger partial charge in [-0.3, -0.25) is 4.79 Å². The van der Waals surface area contributed by atoms with Crippen LogP contribution in [0.1, 0.15) is 45.9 Å². The van der Waals surface area contributed by atoms with E-state index in [4.69, 9.17) is 4.74 Å². The van der Waals surface area contributed by atoms with E-state index >= 15 is 0 Å². The minimum Gasteiger partial charge on any atom is -0.448 e. The first-order valence-corrected chi connectivity index (χ1v) is 8.39. The van der Waals surface area contributed by atoms with E-state index < -0.39 is 12.1 Å². The second-order valence-corrected chi connectivity index (χ2v) is 6.41. The van der Waals surface area contributed by atoms with E-state index in [1.54, 1.807) is 12.1 Å². The summed E-state index contributed by atoms with van der Waals surface area (Å²) < 4.78 is 5.35. The summed E-state index contributed by atoms with van der Waals surface area (Å²) in [6.45, 7) is 0. The number of carbonyl (C=O) groups is 2. The lowest BCUT2D eigenvalue weighted by molar-refractivity contribution is -0.131. The molecule has 24 heavy (non-hydrogen) atoms. The van der Waals surface area contributed by atoms with Crippen molar-refractivity contribution in [1.82, 2.24) is 5.32 Å². The first-order valence-electron chi connectivity index (χ1n) is 8.39. The number of amides is 1. The molecule has 122 valence electrons. The zero-order valence-corrected chi connectivity index (χ0v) is 13.3. The van der Waals surface area contributed by atoms with Crippen molar-refractivity contribution >= 4 is 11.9 Å². The van der Waals surface area contributed by atoms with Gasteiger partial charge in [0.15, 0.2) is 6.10 Å². The van der Waals surface area contributed by atoms with Crippen molar-refractivity contribution in [3.63, 3.8) is 0 Å². The highest BCUT2D eigenvalue weighted by molar-refractivity contribution is 5.95. The summed E-state index contributed by atoms with van der Waals surface area (Å²) in [5, 5.41) is 3.08. The van der Waals surface area contributed by atoms with E-state index in [0.29, 0.717) is 12.0 Å². The van der Waals surface area contributed by atoms with Crippen molar-refractivity contribution in [2.45, 2.75) is 37.8 Å². The first kappa shape index (κ1) is 14.9. The Morgan fingerprint density at radius 3 is 2.67 bits per heavy atom. The van der Waals surface area contributed by atoms with Gasteiger partial charge >= 0.3 is 5.97 Å². The lowest BCUT2D eigenvalue weighted by atomic mass is 9.87. The highest BCUT2D eigenvalue weighted by Crippen LogP contribution is 2.30. The van der Waals surface area contributed by atoms with Crippen LogP contribution in [0.5, 0.6) is 0 Å². The topological polar surface area (TPSA) is 55.4 Å². The molecular formula is C20H19NO3. The van der Waals surface area contributed by atoms with Crippen LogP contribution in [0.25, 0.3) is 0 Å². The molecule has 2 aromatic carbocycles. The lowest BCUT2D eigenvalue weighted by Gasteiger charge is -2.29. The molecule has 0 saturated carbocycles. The third-order valence-corrected chi connectivity index (χ3v) is 4.87. The number of hydrogen-bond acceptors (Lipinski definition) is 3. The number of carbonyl (C=O) groups excluding carboxylic acids is 2. The maximum Gasteiger partial charge on any atom is 0.339 e. The molecule has 4 nitrogen and oxygen atoms in total. The van der Waals surface area contributed by atoms with Crippen molar-refractivity contribution in [1.29, 1.82) is 0 Å². The van der Waals surface area contributed by atoms with Crippen LogP contribution in [0, 0.1) is 0 Å². The third kappa shape index (κ3) is 2.68. The maximum atomic E-state index is 12.6. The van der Waals surface area contributed by atoms with Gasteiger partial charge in [-0.1, -0.05) is 42.5 Å². The van der Waals surface area contributed by atoms with Crippen LogP contribution < -0.4 is 5.32 Å². The Morgan fingerprint density at radius 1 is 1.04 bits per heavy atom. The minimum absolute atomic E-state index is 0.00155. The molecule has 0 saturated heterocycles. The molecule has 2 aromatic rings. The highest BCUT2D eigenvalue weighted by atomic mass is 16.5. The SMILES string of the molecule is O=C1O[C@H](C(=O)N[C@H]2CCCc3ccccc32)Cc2ccccc21. The van der Waals surface area contributed by atoms with Crippen molar-refractivity contribution in [2.75, 3.05) is 0 Å². The standard InChI is InChI=1S/C20H19NO3/c22-19(18-12-14-7-2-4-10-16(14)20(23)24-18)21-17-11-5-8-13-6-1-3-9-15(13)17/h1-4,6-7,9-10,17-18H,5,8,11-12H2,(H,21,22)/t17-,18-/m0/s1. The second-order valence-electron chi connectivity index (χ2n) is 6.41. The number of rotatable bonds is 2. The predicted molar refractivity (Wildman–Crippen MR) is 89.6 cm³/mol. The average molecular weight is 321 g/mol. The summed E-state index contributed by atoms with van der Waals surface area (Å²) in [6, 6.07) is 15.5. The highest BCUT2D eigenvalue weighted by Gasteiger charge is 2.32. The van der Waals surface area contributed by atoms with Gasteiger partial charge in [-0.05, 0) is 42.0 Å². The Balaban J connectivity index is 1.51. The van der Waals surface area contributed by atoms with Crippen LogP contribution >= 0.6 is 0 Å². The number of benzene rings is 2. The van der Waals surface area contributed by atoms with E-state index in [0.717, 1.165) is 24.8 Å². The van der Waals surface area contributed by atoms with Gasteiger partial charge in [0.2, 0.25) is 0 Å². The van der Waals surface area contributed by atoms with Gasteiger partial charge < -0.3 is 10.1 Å². The molecule has 1 amide bonds. The van der Waals surface area contributed by atoms with Crippen molar-refractivity contribution in [2.24, 2.45) is 0 Å². The van der Waals surface area contributed by atoms with E-state index in [-0.39, 0.29) is 11.9 Å². The fourth-order valence-electron chi connectivity index (χ4n) is 3.65. The Hall–Kier alpha value is -2.62. The third-order valence-electron chi connectivity index (χ3n) is 4.87. The summed E-state index contributed by atoms with van der Waals surface area (Å²) in [7, 11) is 0. The van der Waals surface area contributed by atoms with Crippen LogP contribution in [-0.2, 0) is 22.4 Å². The van der Waals surface area contributed by atoms with Gasteiger partial charge in [-0.25, -0.2) is 4.79 Å². The van der Waals surface area contributed by atoms with Crippen molar-refractivity contribution in [3.8, 4) is 0 Å². The van der Waals surface area contributed by atoms with E-state index in [9.17, 15) is 9.59 Å². The summed E-state index contributed by atoms with van der Waals surface area (Å²) in [5.74, 6) is -0.624. The van der Waals surface area contributed by atoms with Crippen molar-refractivity contribution in [3.05, 3.63) is 70.8 Å². The van der Waals surface area contributed by atoms with Gasteiger partial charge in [0.25, 0.3) is 5.91 Å². The molecule has 0 bridgehead atoms. The summed E-state index contributed by atoms with van der Waals surface area (Å²) in [5.41, 5.74) is 3.90. The second kappa shape index (κ2) is 6.11. The van der Waals surface area contributed by atoms with Crippen LogP contribution in [0.15, 0.2) is 48.5 Å². The Labute approximate surface area is 140 Å². The number of nitrogens with one attached hydrogen (secondary N) is 1. The predicted octanol–water partition coefficient (Wildman–Crippen LogP) is 2.96. The monoisotopic (exact) mass is 321 g/mol. The first-order chi connectivity index (χ1) is 11.7. The van der Waals surface area contributed by atoms with Crippen LogP contribution in [0.4, 0.5) is 0 Å². The van der Waals surface area contributed by atoms with E-state index in [2.05, 4.69) is 17.4 Å². The summed E-state index contributed by atoms with van der Waals surface area (Å²) in [4.78, 5) is 24.7. The van der Waals surface area contributed by atoms with Crippen LogP contribution in [-0.4, -0.2) is 18.0 Å². The molecular weight excluding hydrogens is 302 g/mol. The molecule has 4 rings (SSSR count). The van der Waals surface area contributed by atoms with Gasteiger partial charge in [-0.2, -0.15) is 0 Å². The average Bonchev–Trinajstić information content (AvgIpc) is 2.62. The van der Waals surface area contributed by atoms with Gasteiger partial charge in [0.05, 0.1) is 11.6 Å². The minimum atomic E-state index is -0.749. The molecule has 2 aliphatic rings. The maximum absolute atomic E-state index is 12.6. The Kier molecular flexibility index (Phi) is 3.81. The lowest BCUT2D eigenvalue weighted by Crippen LogP contribution is -2.43. The number of esters is 1. The van der Waals surface area contributed by atoms with Crippen LogP contribution in [0.2, 0.25) is 0 Å². The van der Waals surface area contributed by atoms with Gasteiger partial charge in [-0.15, -0.1) is 0 Å². The zero-order valence-electron chi connectivity index (χ0n) is 13.3. The molecule has 4 heteroatoms. The molecule has 0 radical (unpaired) electrons. The van der Waals surface area contributed by atoms with Gasteiger partial charge in [0, 0.05) is 6.42 Å². The van der Waals surface area contributed by atoms with E-state index in [1.165, 1.54) is 11.1 Å². The zero-order chi connectivity index (χ0) is 16.5. The van der Waals surface area contributed by atoms with Gasteiger partial charge in [0.1, 0.15) is 0 Å². The van der Waals surface area contributed by atoms with Crippen LogP contribution in [0.3, 0.4) is 0 Å². The fraction of sp³-hybridized carbons (Fsp3) is 0.300. The number of aryl methyl sites for hydroxylation is 1. The molecule has 0 aromatic heterocycles. The Morgan fingerprint density at radius 2 is 1.79 bits per heavy atom. The molecule has 1 aliphatic heterocycles. The number of cyclic esters (lactones) is 1. The van der Waals surface area contributed by atoms with E-state index in [1.807, 2.05) is 24.3 Å². The normalized spacial score (nSPS) is 22.1. The molecule has 0 unspecified atom stereocenters. The molecule has 0 spiro atoms. The molecule has 1 N–H and O–H groups in total. The van der Waals surface area contributed by atoms with Crippen molar-refractivity contribution < 1.29 is 14.3 Å². The summed E-state index contributed by atoms with van der Waals surface area (Å²) in [6.07, 6.45) is 2.70. The largest absolute Gasteiger partial charge is 0.448 e. The fourth-order valence-corrected chi connectivity index (χ4v) is 3.65. The Bertz CT molecular complexity index is 799.